The first-order chi connectivity index (χ1) is 21.4. The van der Waals surface area contributed by atoms with E-state index >= 15 is 0 Å². The van der Waals surface area contributed by atoms with E-state index in [1.54, 1.807) is 37.3 Å². The maximum atomic E-state index is 13.9. The van der Waals surface area contributed by atoms with Gasteiger partial charge in [-0.2, -0.15) is 10.5 Å². The van der Waals surface area contributed by atoms with Crippen molar-refractivity contribution in [2.24, 2.45) is 0 Å². The summed E-state index contributed by atoms with van der Waals surface area (Å²) < 4.78 is 0. The van der Waals surface area contributed by atoms with E-state index in [4.69, 9.17) is 0 Å². The summed E-state index contributed by atoms with van der Waals surface area (Å²) in [5.74, 6) is -1.68. The lowest BCUT2D eigenvalue weighted by Gasteiger charge is -2.30. The highest BCUT2D eigenvalue weighted by Crippen LogP contribution is 2.48. The minimum absolute atomic E-state index is 0.189. The molecule has 0 aliphatic carbocycles. The summed E-state index contributed by atoms with van der Waals surface area (Å²) in [7, 11) is 0. The first kappa shape index (κ1) is 27.5. The minimum Gasteiger partial charge on any atom is -0.275 e. The third kappa shape index (κ3) is 3.55. The standard InChI is InChI=1S/C36H28N4O4/c1-3-5-6-7-8-9-14-40-34(42)24-13-11-22-27-19(17-37)15-25-29-23(33(41)39(4-2)35(25)43)12-10-21(31(27)29)28-20(18-38)16-26(36(40)44)30(24)32(22)28/h10-13,15-16H,3-9,14H2,1-2H3. The van der Waals surface area contributed by atoms with Crippen LogP contribution in [-0.4, -0.2) is 46.5 Å². The Morgan fingerprint density at radius 1 is 0.545 bits per heavy atom. The van der Waals surface area contributed by atoms with Gasteiger partial charge in [-0.15, -0.1) is 0 Å². The summed E-state index contributed by atoms with van der Waals surface area (Å²) in [6.45, 7) is 4.37. The number of amides is 4. The van der Waals surface area contributed by atoms with Gasteiger partial charge in [-0.05, 0) is 48.4 Å². The average Bonchev–Trinajstić information content (AvgIpc) is 3.04. The lowest BCUT2D eigenvalue weighted by Crippen LogP contribution is -2.41. The molecule has 2 aliphatic rings. The topological polar surface area (TPSA) is 122 Å². The SMILES string of the molecule is CCCCCCCCN1C(=O)c2ccc3c4c(C#N)cc5c6c(ccc(c7c(C#N)cc(c2c37)C1=O)c64)C(=O)N(CC)C5=O. The second-order valence-electron chi connectivity index (χ2n) is 11.6. The molecule has 8 heteroatoms. The van der Waals surface area contributed by atoms with Gasteiger partial charge in [-0.1, -0.05) is 51.2 Å². The van der Waals surface area contributed by atoms with Gasteiger partial charge in [0.25, 0.3) is 23.6 Å². The van der Waals surface area contributed by atoms with Crippen LogP contribution in [0.3, 0.4) is 0 Å². The van der Waals surface area contributed by atoms with E-state index in [9.17, 15) is 29.7 Å². The lowest BCUT2D eigenvalue weighted by molar-refractivity contribution is 0.0597. The zero-order chi connectivity index (χ0) is 30.9. The van der Waals surface area contributed by atoms with Crippen molar-refractivity contribution in [3.05, 3.63) is 69.8 Å². The fraction of sp³-hybridized carbons (Fsp3) is 0.278. The van der Waals surface area contributed by atoms with Crippen molar-refractivity contribution in [2.75, 3.05) is 13.1 Å². The number of unbranched alkanes of at least 4 members (excludes halogenated alkanes) is 5. The quantitative estimate of drug-likeness (QED) is 0.0839. The van der Waals surface area contributed by atoms with Crippen LogP contribution < -0.4 is 0 Å². The maximum absolute atomic E-state index is 13.9. The highest BCUT2D eigenvalue weighted by molar-refractivity contribution is 6.42. The zero-order valence-electron chi connectivity index (χ0n) is 24.5. The largest absolute Gasteiger partial charge is 0.275 e. The molecule has 216 valence electrons. The Morgan fingerprint density at radius 3 is 1.50 bits per heavy atom. The van der Waals surface area contributed by atoms with Crippen LogP contribution in [0.4, 0.5) is 0 Å². The van der Waals surface area contributed by atoms with E-state index < -0.39 is 17.7 Å². The smallest absolute Gasteiger partial charge is 0.261 e. The van der Waals surface area contributed by atoms with Crippen LogP contribution in [0.25, 0.3) is 43.1 Å². The number of fused-ring (bicyclic) bond motifs is 2. The summed E-state index contributed by atoms with van der Waals surface area (Å²) in [4.78, 5) is 56.9. The summed E-state index contributed by atoms with van der Waals surface area (Å²) in [5.41, 5.74) is 1.79. The normalized spacial score (nSPS) is 14.5. The van der Waals surface area contributed by atoms with Gasteiger partial charge in [0, 0.05) is 56.5 Å². The van der Waals surface area contributed by atoms with Gasteiger partial charge in [0.2, 0.25) is 0 Å². The number of hydrogen-bond donors (Lipinski definition) is 0. The highest BCUT2D eigenvalue weighted by Gasteiger charge is 2.37. The molecule has 0 radical (unpaired) electrons. The Bertz CT molecular complexity index is 2220. The number of hydrogen-bond acceptors (Lipinski definition) is 6. The van der Waals surface area contributed by atoms with E-state index in [2.05, 4.69) is 19.1 Å². The predicted octanol–water partition coefficient (Wildman–Crippen LogP) is 7.05. The summed E-state index contributed by atoms with van der Waals surface area (Å²) in [6, 6.07) is 14.5. The number of rotatable bonds is 8. The highest BCUT2D eigenvalue weighted by atomic mass is 16.2. The van der Waals surface area contributed by atoms with Gasteiger partial charge in [0.1, 0.15) is 0 Å². The van der Waals surface area contributed by atoms with E-state index in [0.717, 1.165) is 37.0 Å². The molecule has 0 N–H and O–H groups in total. The molecule has 0 saturated heterocycles. The fourth-order valence-electron chi connectivity index (χ4n) is 7.28. The van der Waals surface area contributed by atoms with E-state index in [0.29, 0.717) is 72.7 Å². The van der Waals surface area contributed by atoms with E-state index in [1.165, 1.54) is 11.0 Å². The molecule has 2 heterocycles. The van der Waals surface area contributed by atoms with E-state index in [-0.39, 0.29) is 29.1 Å². The third-order valence-electron chi connectivity index (χ3n) is 9.30. The lowest BCUT2D eigenvalue weighted by atomic mass is 9.79. The molecule has 0 aromatic heterocycles. The molecule has 0 unspecified atom stereocenters. The molecule has 0 fully saturated rings. The molecule has 0 bridgehead atoms. The summed E-state index contributed by atoms with van der Waals surface area (Å²) in [6.07, 6.45) is 6.10. The van der Waals surface area contributed by atoms with Gasteiger partial charge >= 0.3 is 0 Å². The Morgan fingerprint density at radius 2 is 1.00 bits per heavy atom. The Kier molecular flexibility index (Phi) is 6.33. The van der Waals surface area contributed by atoms with Crippen LogP contribution in [0.15, 0.2) is 36.4 Å². The van der Waals surface area contributed by atoms with Gasteiger partial charge in [-0.3, -0.25) is 29.0 Å². The molecule has 0 spiro atoms. The van der Waals surface area contributed by atoms with Crippen molar-refractivity contribution in [1.29, 1.82) is 10.5 Å². The minimum atomic E-state index is -0.469. The van der Waals surface area contributed by atoms with Gasteiger partial charge in [-0.25, -0.2) is 0 Å². The van der Waals surface area contributed by atoms with Crippen LogP contribution in [0.1, 0.15) is 105 Å². The molecular formula is C36H28N4O4. The first-order valence-electron chi connectivity index (χ1n) is 15.2. The molecule has 0 atom stereocenters. The van der Waals surface area contributed by atoms with Crippen LogP contribution in [0, 0.1) is 22.7 Å². The van der Waals surface area contributed by atoms with Crippen LogP contribution in [-0.2, 0) is 0 Å². The van der Waals surface area contributed by atoms with E-state index in [1.807, 2.05) is 0 Å². The summed E-state index contributed by atoms with van der Waals surface area (Å²) in [5, 5.41) is 25.0. The third-order valence-corrected chi connectivity index (χ3v) is 9.30. The summed E-state index contributed by atoms with van der Waals surface area (Å²) >= 11 is 0. The zero-order valence-corrected chi connectivity index (χ0v) is 24.5. The molecule has 8 nitrogen and oxygen atoms in total. The van der Waals surface area contributed by atoms with Crippen molar-refractivity contribution in [1.82, 2.24) is 9.80 Å². The molecule has 7 rings (SSSR count). The van der Waals surface area contributed by atoms with Crippen LogP contribution in [0.2, 0.25) is 0 Å². The monoisotopic (exact) mass is 580 g/mol. The van der Waals surface area contributed by atoms with Crippen molar-refractivity contribution in [3.63, 3.8) is 0 Å². The maximum Gasteiger partial charge on any atom is 0.261 e. The molecule has 44 heavy (non-hydrogen) atoms. The molecular weight excluding hydrogens is 552 g/mol. The molecule has 2 aliphatic heterocycles. The van der Waals surface area contributed by atoms with Gasteiger partial charge in [0.05, 0.1) is 34.4 Å². The van der Waals surface area contributed by atoms with Gasteiger partial charge in [0.15, 0.2) is 0 Å². The molecule has 5 aromatic rings. The Hall–Kier alpha value is -5.34. The number of imide groups is 2. The second-order valence-corrected chi connectivity index (χ2v) is 11.6. The number of benzene rings is 5. The molecule has 4 amide bonds. The van der Waals surface area contributed by atoms with Crippen molar-refractivity contribution in [2.45, 2.75) is 52.4 Å². The number of nitrogens with zero attached hydrogens (tertiary/aromatic N) is 4. The van der Waals surface area contributed by atoms with Crippen molar-refractivity contribution < 1.29 is 19.2 Å². The van der Waals surface area contributed by atoms with Gasteiger partial charge < -0.3 is 0 Å². The van der Waals surface area contributed by atoms with Crippen molar-refractivity contribution in [3.8, 4) is 12.1 Å². The van der Waals surface area contributed by atoms with Crippen LogP contribution >= 0.6 is 0 Å². The second kappa shape index (κ2) is 10.1. The number of carbonyl (C=O) groups excluding carboxylic acids is 4. The van der Waals surface area contributed by atoms with Crippen molar-refractivity contribution >= 4 is 66.7 Å². The number of carbonyl (C=O) groups is 4. The average molecular weight is 581 g/mol. The number of nitriles is 2. The van der Waals surface area contributed by atoms with Crippen LogP contribution in [0.5, 0.6) is 0 Å². The molecule has 0 saturated carbocycles. The fourth-order valence-corrected chi connectivity index (χ4v) is 7.28. The first-order valence-corrected chi connectivity index (χ1v) is 15.2. The Labute approximate surface area is 253 Å². The predicted molar refractivity (Wildman–Crippen MR) is 167 cm³/mol. The molecule has 5 aromatic carbocycles. The Balaban J connectivity index is 1.52.